The Bertz CT molecular complexity index is 423. The zero-order valence-corrected chi connectivity index (χ0v) is 12.1. The highest BCUT2D eigenvalue weighted by atomic mass is 16.6. The second-order valence-electron chi connectivity index (χ2n) is 6.16. The Labute approximate surface area is 114 Å². The number of rotatable bonds is 1. The van der Waals surface area contributed by atoms with E-state index in [2.05, 4.69) is 0 Å². The highest BCUT2D eigenvalue weighted by molar-refractivity contribution is 5.78. The van der Waals surface area contributed by atoms with E-state index < -0.39 is 5.60 Å². The van der Waals surface area contributed by atoms with Gasteiger partial charge in [-0.25, -0.2) is 4.79 Å². The summed E-state index contributed by atoms with van der Waals surface area (Å²) in [6.45, 7) is 9.37. The zero-order valence-electron chi connectivity index (χ0n) is 12.1. The maximum Gasteiger partial charge on any atom is 0.410 e. The highest BCUT2D eigenvalue weighted by Gasteiger charge is 2.38. The molecule has 2 heterocycles. The molecule has 0 aromatic heterocycles. The first kappa shape index (κ1) is 13.9. The predicted molar refractivity (Wildman–Crippen MR) is 71.4 cm³/mol. The van der Waals surface area contributed by atoms with Crippen molar-refractivity contribution in [3.8, 4) is 0 Å². The fraction of sp³-hybridized carbons (Fsp3) is 0.714. The van der Waals surface area contributed by atoms with Crippen molar-refractivity contribution < 1.29 is 14.3 Å². The molecule has 2 aliphatic heterocycles. The van der Waals surface area contributed by atoms with Crippen LogP contribution >= 0.6 is 0 Å². The summed E-state index contributed by atoms with van der Waals surface area (Å²) in [5.41, 5.74) is 0.695. The van der Waals surface area contributed by atoms with E-state index in [9.17, 15) is 9.59 Å². The van der Waals surface area contributed by atoms with Crippen molar-refractivity contribution in [2.45, 2.75) is 39.7 Å². The third-order valence-corrected chi connectivity index (χ3v) is 3.35. The summed E-state index contributed by atoms with van der Waals surface area (Å²) in [7, 11) is 0. The molecule has 106 valence electrons. The largest absolute Gasteiger partial charge is 0.444 e. The summed E-state index contributed by atoms with van der Waals surface area (Å²) < 4.78 is 5.36. The van der Waals surface area contributed by atoms with E-state index in [1.807, 2.05) is 33.9 Å². The Kier molecular flexibility index (Phi) is 3.56. The summed E-state index contributed by atoms with van der Waals surface area (Å²) in [4.78, 5) is 27.1. The fourth-order valence-electron chi connectivity index (χ4n) is 2.45. The zero-order chi connectivity index (χ0) is 14.2. The number of hydrogen-bond acceptors (Lipinski definition) is 3. The SMILES string of the molecule is CCC(=O)N1C=C2CN(C(=O)OC(C)(C)C)CC2C1. The van der Waals surface area contributed by atoms with Gasteiger partial charge in [-0.05, 0) is 26.3 Å². The summed E-state index contributed by atoms with van der Waals surface area (Å²) in [5.74, 6) is 0.425. The number of hydrogen-bond donors (Lipinski definition) is 0. The van der Waals surface area contributed by atoms with Gasteiger partial charge in [-0.2, -0.15) is 0 Å². The molecule has 2 amide bonds. The third kappa shape index (κ3) is 3.08. The van der Waals surface area contributed by atoms with E-state index >= 15 is 0 Å². The van der Waals surface area contributed by atoms with Crippen molar-refractivity contribution in [3.05, 3.63) is 11.8 Å². The van der Waals surface area contributed by atoms with Crippen LogP contribution in [0.1, 0.15) is 34.1 Å². The van der Waals surface area contributed by atoms with Crippen molar-refractivity contribution in [1.82, 2.24) is 9.80 Å². The molecule has 2 rings (SSSR count). The molecule has 1 atom stereocenters. The van der Waals surface area contributed by atoms with E-state index in [-0.39, 0.29) is 17.9 Å². The minimum absolute atomic E-state index is 0.144. The van der Waals surface area contributed by atoms with Gasteiger partial charge in [0.05, 0.1) is 0 Å². The molecule has 0 N–H and O–H groups in total. The van der Waals surface area contributed by atoms with Crippen molar-refractivity contribution in [1.29, 1.82) is 0 Å². The van der Waals surface area contributed by atoms with Crippen LogP contribution in [0.5, 0.6) is 0 Å². The molecule has 1 fully saturated rings. The number of carbonyl (C=O) groups is 2. The van der Waals surface area contributed by atoms with Gasteiger partial charge < -0.3 is 14.5 Å². The molecule has 19 heavy (non-hydrogen) atoms. The fourth-order valence-corrected chi connectivity index (χ4v) is 2.45. The van der Waals surface area contributed by atoms with Crippen LogP contribution in [0, 0.1) is 5.92 Å². The second kappa shape index (κ2) is 4.87. The number of ether oxygens (including phenoxy) is 1. The molecule has 0 spiro atoms. The van der Waals surface area contributed by atoms with E-state index in [0.717, 1.165) is 5.57 Å². The number of nitrogens with zero attached hydrogens (tertiary/aromatic N) is 2. The van der Waals surface area contributed by atoms with Crippen LogP contribution in [0.25, 0.3) is 0 Å². The maximum atomic E-state index is 12.0. The Hall–Kier alpha value is -1.52. The maximum absolute atomic E-state index is 12.0. The standard InChI is InChI=1S/C14H22N2O3/c1-5-12(17)15-6-10-8-16(9-11(10)7-15)13(18)19-14(2,3)4/h6,11H,5,7-9H2,1-4H3. The lowest BCUT2D eigenvalue weighted by atomic mass is 10.1. The molecular weight excluding hydrogens is 244 g/mol. The third-order valence-electron chi connectivity index (χ3n) is 3.35. The van der Waals surface area contributed by atoms with Crippen molar-refractivity contribution >= 4 is 12.0 Å². The molecule has 0 radical (unpaired) electrons. The first-order chi connectivity index (χ1) is 8.80. The van der Waals surface area contributed by atoms with Crippen molar-refractivity contribution in [2.24, 2.45) is 5.92 Å². The first-order valence-electron chi connectivity index (χ1n) is 6.78. The van der Waals surface area contributed by atoms with Gasteiger partial charge in [-0.1, -0.05) is 6.92 Å². The molecule has 1 unspecified atom stereocenters. The predicted octanol–water partition coefficient (Wildman–Crippen LogP) is 1.99. The van der Waals surface area contributed by atoms with Gasteiger partial charge in [0.15, 0.2) is 0 Å². The van der Waals surface area contributed by atoms with Gasteiger partial charge in [-0.3, -0.25) is 4.79 Å². The van der Waals surface area contributed by atoms with Crippen LogP contribution in [0.15, 0.2) is 11.8 Å². The molecule has 0 aliphatic carbocycles. The smallest absolute Gasteiger partial charge is 0.410 e. The molecule has 0 bridgehead atoms. The highest BCUT2D eigenvalue weighted by Crippen LogP contribution is 2.30. The Morgan fingerprint density at radius 3 is 2.58 bits per heavy atom. The summed E-state index contributed by atoms with van der Waals surface area (Å²) >= 11 is 0. The van der Waals surface area contributed by atoms with Gasteiger partial charge in [0.25, 0.3) is 0 Å². The summed E-state index contributed by atoms with van der Waals surface area (Å²) in [6, 6.07) is 0. The minimum Gasteiger partial charge on any atom is -0.444 e. The molecule has 1 saturated heterocycles. The summed E-state index contributed by atoms with van der Waals surface area (Å²) in [6.07, 6.45) is 2.16. The Morgan fingerprint density at radius 2 is 2.05 bits per heavy atom. The van der Waals surface area contributed by atoms with E-state index in [1.165, 1.54) is 0 Å². The monoisotopic (exact) mass is 266 g/mol. The van der Waals surface area contributed by atoms with Crippen LogP contribution in [0.3, 0.4) is 0 Å². The van der Waals surface area contributed by atoms with Gasteiger partial charge in [0.2, 0.25) is 5.91 Å². The Morgan fingerprint density at radius 1 is 1.37 bits per heavy atom. The van der Waals surface area contributed by atoms with Gasteiger partial charge in [0.1, 0.15) is 5.60 Å². The van der Waals surface area contributed by atoms with Crippen molar-refractivity contribution in [2.75, 3.05) is 19.6 Å². The van der Waals surface area contributed by atoms with Gasteiger partial charge in [-0.15, -0.1) is 0 Å². The van der Waals surface area contributed by atoms with Crippen LogP contribution in [-0.2, 0) is 9.53 Å². The van der Waals surface area contributed by atoms with E-state index in [0.29, 0.717) is 26.1 Å². The van der Waals surface area contributed by atoms with Crippen LogP contribution in [-0.4, -0.2) is 47.0 Å². The van der Waals surface area contributed by atoms with Crippen LogP contribution in [0.4, 0.5) is 4.79 Å². The molecule has 5 heteroatoms. The number of likely N-dealkylation sites (tertiary alicyclic amines) is 1. The molecule has 2 aliphatic rings. The quantitative estimate of drug-likeness (QED) is 0.729. The second-order valence-corrected chi connectivity index (χ2v) is 6.16. The van der Waals surface area contributed by atoms with Crippen molar-refractivity contribution in [3.63, 3.8) is 0 Å². The lowest BCUT2D eigenvalue weighted by Crippen LogP contribution is -2.36. The molecule has 0 aromatic carbocycles. The lowest BCUT2D eigenvalue weighted by Gasteiger charge is -2.25. The van der Waals surface area contributed by atoms with Crippen LogP contribution < -0.4 is 0 Å². The summed E-state index contributed by atoms with van der Waals surface area (Å²) in [5, 5.41) is 0. The number of amides is 2. The molecule has 0 aromatic rings. The average Bonchev–Trinajstić information content (AvgIpc) is 2.82. The minimum atomic E-state index is -0.465. The Balaban J connectivity index is 1.96. The number of carbonyl (C=O) groups excluding carboxylic acids is 2. The first-order valence-corrected chi connectivity index (χ1v) is 6.78. The topological polar surface area (TPSA) is 49.9 Å². The lowest BCUT2D eigenvalue weighted by molar-refractivity contribution is -0.128. The normalized spacial score (nSPS) is 22.3. The van der Waals surface area contributed by atoms with E-state index in [1.54, 1.807) is 9.80 Å². The number of fused-ring (bicyclic) bond motifs is 1. The van der Waals surface area contributed by atoms with E-state index in [4.69, 9.17) is 4.74 Å². The van der Waals surface area contributed by atoms with Gasteiger partial charge >= 0.3 is 6.09 Å². The molecule has 0 saturated carbocycles. The van der Waals surface area contributed by atoms with Gasteiger partial charge in [0, 0.05) is 38.2 Å². The van der Waals surface area contributed by atoms with Crippen LogP contribution in [0.2, 0.25) is 0 Å². The molecule has 5 nitrogen and oxygen atoms in total. The average molecular weight is 266 g/mol. The molecular formula is C14H22N2O3.